The van der Waals surface area contributed by atoms with E-state index in [-0.39, 0.29) is 11.9 Å². The molecule has 0 aromatic heterocycles. The summed E-state index contributed by atoms with van der Waals surface area (Å²) in [5.41, 5.74) is 0. The Kier molecular flexibility index (Phi) is 7.95. The van der Waals surface area contributed by atoms with Gasteiger partial charge in [0.05, 0.1) is 13.0 Å². The number of guanidine groups is 1. The van der Waals surface area contributed by atoms with Gasteiger partial charge in [-0.05, 0) is 37.1 Å². The summed E-state index contributed by atoms with van der Waals surface area (Å²) in [6.45, 7) is 2.60. The van der Waals surface area contributed by atoms with E-state index in [0.717, 1.165) is 50.6 Å². The van der Waals surface area contributed by atoms with Crippen LogP contribution in [0.3, 0.4) is 0 Å². The summed E-state index contributed by atoms with van der Waals surface area (Å²) in [5, 5.41) is 3.43. The Morgan fingerprint density at radius 2 is 2.04 bits per heavy atom. The van der Waals surface area contributed by atoms with Gasteiger partial charge in [0.2, 0.25) is 0 Å². The quantitative estimate of drug-likeness (QED) is 0.281. The van der Waals surface area contributed by atoms with Gasteiger partial charge in [0, 0.05) is 31.6 Å². The number of rotatable bonds is 6. The van der Waals surface area contributed by atoms with Crippen LogP contribution >= 0.6 is 11.8 Å². The molecule has 1 aromatic carbocycles. The number of carbonyl (C=O) groups excluding carboxylic acids is 1. The molecule has 24 heavy (non-hydrogen) atoms. The first-order valence-corrected chi connectivity index (χ1v) is 9.44. The topological polar surface area (TPSA) is 53.9 Å². The van der Waals surface area contributed by atoms with Crippen LogP contribution in [0.25, 0.3) is 0 Å². The molecule has 0 radical (unpaired) electrons. The molecule has 1 saturated heterocycles. The largest absolute Gasteiger partial charge is 0.469 e. The van der Waals surface area contributed by atoms with Crippen LogP contribution < -0.4 is 5.32 Å². The molecule has 0 unspecified atom stereocenters. The summed E-state index contributed by atoms with van der Waals surface area (Å²) in [4.78, 5) is 19.5. The van der Waals surface area contributed by atoms with E-state index in [1.165, 1.54) is 12.0 Å². The number of benzene rings is 1. The molecule has 1 aliphatic heterocycles. The second kappa shape index (κ2) is 10.2. The lowest BCUT2D eigenvalue weighted by Crippen LogP contribution is -2.46. The molecule has 0 atom stereocenters. The highest BCUT2D eigenvalue weighted by Gasteiger charge is 2.26. The molecule has 132 valence electrons. The number of likely N-dealkylation sites (tertiary alicyclic amines) is 1. The first-order valence-electron chi connectivity index (χ1n) is 8.46. The van der Waals surface area contributed by atoms with Crippen molar-refractivity contribution < 1.29 is 9.53 Å². The lowest BCUT2D eigenvalue weighted by atomic mass is 9.97. The number of methoxy groups -OCH3 is 1. The van der Waals surface area contributed by atoms with Gasteiger partial charge in [0.25, 0.3) is 0 Å². The average molecular weight is 350 g/mol. The maximum absolute atomic E-state index is 11.6. The molecule has 1 aliphatic rings. The monoisotopic (exact) mass is 349 g/mol. The Balaban J connectivity index is 1.65. The van der Waals surface area contributed by atoms with Crippen molar-refractivity contribution in [1.29, 1.82) is 0 Å². The summed E-state index contributed by atoms with van der Waals surface area (Å²) in [7, 11) is 3.27. The van der Waals surface area contributed by atoms with Gasteiger partial charge in [-0.2, -0.15) is 0 Å². The van der Waals surface area contributed by atoms with Crippen LogP contribution in [0.5, 0.6) is 0 Å². The molecule has 0 bridgehead atoms. The van der Waals surface area contributed by atoms with E-state index in [2.05, 4.69) is 39.5 Å². The number of ether oxygens (including phenoxy) is 1. The zero-order valence-electron chi connectivity index (χ0n) is 14.5. The Morgan fingerprint density at radius 3 is 2.67 bits per heavy atom. The van der Waals surface area contributed by atoms with E-state index in [1.807, 2.05) is 24.9 Å². The second-order valence-electron chi connectivity index (χ2n) is 5.77. The highest BCUT2D eigenvalue weighted by molar-refractivity contribution is 7.99. The van der Waals surface area contributed by atoms with E-state index in [0.29, 0.717) is 0 Å². The first-order chi connectivity index (χ1) is 11.7. The van der Waals surface area contributed by atoms with Crippen LogP contribution in [0.1, 0.15) is 19.3 Å². The predicted octanol–water partition coefficient (Wildman–Crippen LogP) is 2.63. The van der Waals surface area contributed by atoms with Gasteiger partial charge in [-0.1, -0.05) is 18.2 Å². The summed E-state index contributed by atoms with van der Waals surface area (Å²) < 4.78 is 4.83. The van der Waals surface area contributed by atoms with E-state index < -0.39 is 0 Å². The standard InChI is InChI=1S/C18H27N3O2S/c1-19-18(21-12-9-15(10-13-21)17(22)23-2)20-11-6-14-24-16-7-4-3-5-8-16/h3-5,7-8,15H,6,9-14H2,1-2H3,(H,19,20). The van der Waals surface area contributed by atoms with Crippen LogP contribution in [0.4, 0.5) is 0 Å². The molecule has 1 heterocycles. The molecule has 0 spiro atoms. The van der Waals surface area contributed by atoms with Crippen LogP contribution in [-0.2, 0) is 9.53 Å². The SMILES string of the molecule is CN=C(NCCCSc1ccccc1)N1CCC(C(=O)OC)CC1. The molecule has 0 aliphatic carbocycles. The third kappa shape index (κ3) is 5.74. The number of thioether (sulfide) groups is 1. The zero-order valence-corrected chi connectivity index (χ0v) is 15.3. The molecule has 0 amide bonds. The number of aliphatic imine (C=N–C) groups is 1. The van der Waals surface area contributed by atoms with E-state index in [4.69, 9.17) is 4.74 Å². The number of carbonyl (C=O) groups is 1. The van der Waals surface area contributed by atoms with Crippen molar-refractivity contribution in [3.63, 3.8) is 0 Å². The smallest absolute Gasteiger partial charge is 0.308 e. The third-order valence-corrected chi connectivity index (χ3v) is 5.26. The van der Waals surface area contributed by atoms with Gasteiger partial charge in [0.15, 0.2) is 5.96 Å². The highest BCUT2D eigenvalue weighted by atomic mass is 32.2. The van der Waals surface area contributed by atoms with Gasteiger partial charge < -0.3 is 15.0 Å². The molecule has 1 aromatic rings. The van der Waals surface area contributed by atoms with Gasteiger partial charge >= 0.3 is 5.97 Å². The summed E-state index contributed by atoms with van der Waals surface area (Å²) in [6.07, 6.45) is 2.74. The molecule has 6 heteroatoms. The molecule has 1 N–H and O–H groups in total. The maximum Gasteiger partial charge on any atom is 0.308 e. The molecule has 0 saturated carbocycles. The number of nitrogens with zero attached hydrogens (tertiary/aromatic N) is 2. The highest BCUT2D eigenvalue weighted by Crippen LogP contribution is 2.19. The van der Waals surface area contributed by atoms with Crippen LogP contribution in [0.2, 0.25) is 0 Å². The van der Waals surface area contributed by atoms with Crippen molar-refractivity contribution in [1.82, 2.24) is 10.2 Å². The average Bonchev–Trinajstić information content (AvgIpc) is 2.65. The van der Waals surface area contributed by atoms with Crippen LogP contribution in [0, 0.1) is 5.92 Å². The van der Waals surface area contributed by atoms with Crippen molar-refractivity contribution >= 4 is 23.7 Å². The van der Waals surface area contributed by atoms with E-state index in [9.17, 15) is 4.79 Å². The minimum Gasteiger partial charge on any atom is -0.469 e. The number of hydrogen-bond acceptors (Lipinski definition) is 4. The lowest BCUT2D eigenvalue weighted by molar-refractivity contribution is -0.146. The van der Waals surface area contributed by atoms with Crippen molar-refractivity contribution in [2.75, 3.05) is 39.5 Å². The molecular formula is C18H27N3O2S. The number of hydrogen-bond donors (Lipinski definition) is 1. The van der Waals surface area contributed by atoms with Gasteiger partial charge in [-0.15, -0.1) is 11.8 Å². The van der Waals surface area contributed by atoms with Crippen LogP contribution in [-0.4, -0.2) is 56.4 Å². The Hall–Kier alpha value is -1.69. The summed E-state index contributed by atoms with van der Waals surface area (Å²) in [6, 6.07) is 10.5. The fourth-order valence-corrected chi connectivity index (χ4v) is 3.68. The molecule has 1 fully saturated rings. The molecular weight excluding hydrogens is 322 g/mol. The normalized spacial score (nSPS) is 16.1. The van der Waals surface area contributed by atoms with Crippen molar-refractivity contribution in [3.8, 4) is 0 Å². The number of piperidine rings is 1. The van der Waals surface area contributed by atoms with E-state index in [1.54, 1.807) is 0 Å². The Morgan fingerprint density at radius 1 is 1.33 bits per heavy atom. The van der Waals surface area contributed by atoms with Gasteiger partial charge in [0.1, 0.15) is 0 Å². The minimum absolute atomic E-state index is 0.0339. The Labute approximate surface area is 148 Å². The third-order valence-electron chi connectivity index (χ3n) is 4.16. The maximum atomic E-state index is 11.6. The van der Waals surface area contributed by atoms with Gasteiger partial charge in [-0.3, -0.25) is 9.79 Å². The van der Waals surface area contributed by atoms with Gasteiger partial charge in [-0.25, -0.2) is 0 Å². The van der Waals surface area contributed by atoms with E-state index >= 15 is 0 Å². The molecule has 5 nitrogen and oxygen atoms in total. The second-order valence-corrected chi connectivity index (χ2v) is 6.94. The number of nitrogens with one attached hydrogen (secondary N) is 1. The predicted molar refractivity (Wildman–Crippen MR) is 99.5 cm³/mol. The Bertz CT molecular complexity index is 528. The van der Waals surface area contributed by atoms with Crippen molar-refractivity contribution in [2.45, 2.75) is 24.2 Å². The fourth-order valence-electron chi connectivity index (χ4n) is 2.81. The summed E-state index contributed by atoms with van der Waals surface area (Å²) >= 11 is 1.88. The lowest BCUT2D eigenvalue weighted by Gasteiger charge is -2.33. The number of esters is 1. The van der Waals surface area contributed by atoms with Crippen molar-refractivity contribution in [2.24, 2.45) is 10.9 Å². The fraction of sp³-hybridized carbons (Fsp3) is 0.556. The molecule has 2 rings (SSSR count). The summed E-state index contributed by atoms with van der Waals surface area (Å²) in [5.74, 6) is 1.96. The zero-order chi connectivity index (χ0) is 17.2. The minimum atomic E-state index is -0.0875. The first kappa shape index (κ1) is 18.6. The van der Waals surface area contributed by atoms with Crippen molar-refractivity contribution in [3.05, 3.63) is 30.3 Å². The van der Waals surface area contributed by atoms with Crippen LogP contribution in [0.15, 0.2) is 40.2 Å².